The summed E-state index contributed by atoms with van der Waals surface area (Å²) in [7, 11) is 0. The Balaban J connectivity index is 0.000000808. The van der Waals surface area contributed by atoms with E-state index in [0.29, 0.717) is 17.0 Å². The molecule has 1 unspecified atom stereocenters. The van der Waals surface area contributed by atoms with Crippen LogP contribution in [0.2, 0.25) is 0 Å². The second-order valence-electron chi connectivity index (χ2n) is 9.55. The molecule has 3 rings (SSSR count). The van der Waals surface area contributed by atoms with Crippen LogP contribution in [0, 0.1) is 11.8 Å². The van der Waals surface area contributed by atoms with Gasteiger partial charge in [-0.1, -0.05) is 108 Å². The van der Waals surface area contributed by atoms with Gasteiger partial charge in [0.2, 0.25) is 0 Å². The lowest BCUT2D eigenvalue weighted by Gasteiger charge is -2.13. The monoisotopic (exact) mass is 540 g/mol. The highest BCUT2D eigenvalue weighted by molar-refractivity contribution is 5.60. The highest BCUT2D eigenvalue weighted by atomic mass is 19.4. The standard InChI is InChI=1S/C19H15F3N2.C10H20.C3H6.C2H6/c20-19(21,22)15-11-9-13(10-12-15)16-7-4-8-17(24-16)18(23)14-5-2-1-3-6-14;1-8(2)6-7-10(5)9(3)4;1-3-2;1-2/h1-12,18H,23H2;7-9H,6H2,1-5H3;3H,1H2,2H3;1-2H3/b;10-7+;;. The number of allylic oxidation sites excluding steroid dienone is 3. The molecule has 0 spiro atoms. The molecule has 0 amide bonds. The van der Waals surface area contributed by atoms with Gasteiger partial charge in [0.1, 0.15) is 0 Å². The molecule has 1 heterocycles. The third-order valence-corrected chi connectivity index (χ3v) is 5.58. The number of nitrogens with zero attached hydrogens (tertiary/aromatic N) is 1. The van der Waals surface area contributed by atoms with Gasteiger partial charge in [-0.05, 0) is 61.9 Å². The lowest BCUT2D eigenvalue weighted by molar-refractivity contribution is -0.137. The van der Waals surface area contributed by atoms with Crippen molar-refractivity contribution in [1.29, 1.82) is 0 Å². The van der Waals surface area contributed by atoms with Gasteiger partial charge in [0.25, 0.3) is 0 Å². The van der Waals surface area contributed by atoms with Gasteiger partial charge in [0, 0.05) is 5.56 Å². The van der Waals surface area contributed by atoms with Crippen molar-refractivity contribution >= 4 is 0 Å². The van der Waals surface area contributed by atoms with Crippen molar-refractivity contribution in [2.45, 2.75) is 74.0 Å². The lowest BCUT2D eigenvalue weighted by atomic mass is 10.0. The quantitative estimate of drug-likeness (QED) is 0.316. The first-order valence-electron chi connectivity index (χ1n) is 13.6. The predicted molar refractivity (Wildman–Crippen MR) is 162 cm³/mol. The zero-order valence-corrected chi connectivity index (χ0v) is 24.9. The van der Waals surface area contributed by atoms with Gasteiger partial charge in [0.05, 0.1) is 23.0 Å². The molecule has 0 saturated carbocycles. The summed E-state index contributed by atoms with van der Waals surface area (Å²) < 4.78 is 37.9. The maximum absolute atomic E-state index is 12.6. The molecule has 0 radical (unpaired) electrons. The van der Waals surface area contributed by atoms with E-state index in [1.54, 1.807) is 18.2 Å². The van der Waals surface area contributed by atoms with Crippen LogP contribution in [0.25, 0.3) is 11.3 Å². The highest BCUT2D eigenvalue weighted by Gasteiger charge is 2.30. The number of halogens is 3. The Morgan fingerprint density at radius 3 is 1.90 bits per heavy atom. The van der Waals surface area contributed by atoms with Gasteiger partial charge >= 0.3 is 6.18 Å². The maximum atomic E-state index is 12.6. The zero-order chi connectivity index (χ0) is 30.0. The van der Waals surface area contributed by atoms with E-state index in [-0.39, 0.29) is 6.04 Å². The third kappa shape index (κ3) is 14.0. The minimum absolute atomic E-state index is 0.388. The van der Waals surface area contributed by atoms with Gasteiger partial charge < -0.3 is 5.73 Å². The molecule has 2 N–H and O–H groups in total. The van der Waals surface area contributed by atoms with E-state index < -0.39 is 11.7 Å². The number of rotatable bonds is 6. The predicted octanol–water partition coefficient (Wildman–Crippen LogP) is 10.7. The Hall–Kier alpha value is -3.18. The smallest absolute Gasteiger partial charge is 0.319 e. The second kappa shape index (κ2) is 19.0. The normalized spacial score (nSPS) is 11.8. The molecule has 2 aromatic carbocycles. The van der Waals surface area contributed by atoms with Crippen molar-refractivity contribution in [3.05, 3.63) is 114 Å². The van der Waals surface area contributed by atoms with Gasteiger partial charge in [-0.3, -0.25) is 4.98 Å². The van der Waals surface area contributed by atoms with Gasteiger partial charge in [-0.25, -0.2) is 0 Å². The number of aromatic nitrogens is 1. The summed E-state index contributed by atoms with van der Waals surface area (Å²) in [5, 5.41) is 0. The van der Waals surface area contributed by atoms with E-state index in [9.17, 15) is 13.2 Å². The third-order valence-electron chi connectivity index (χ3n) is 5.58. The molecule has 2 nitrogen and oxygen atoms in total. The topological polar surface area (TPSA) is 38.9 Å². The van der Waals surface area contributed by atoms with E-state index >= 15 is 0 Å². The molecule has 3 aromatic rings. The number of nitrogens with two attached hydrogens (primary N) is 1. The number of hydrogen-bond donors (Lipinski definition) is 1. The van der Waals surface area contributed by atoms with Crippen LogP contribution in [0.3, 0.4) is 0 Å². The summed E-state index contributed by atoms with van der Waals surface area (Å²) in [5.41, 5.74) is 9.87. The summed E-state index contributed by atoms with van der Waals surface area (Å²) in [5.74, 6) is 1.52. The fraction of sp³-hybridized carbons (Fsp3) is 0.382. The van der Waals surface area contributed by atoms with E-state index in [1.807, 2.05) is 57.2 Å². The van der Waals surface area contributed by atoms with E-state index in [1.165, 1.54) is 24.1 Å². The van der Waals surface area contributed by atoms with Crippen molar-refractivity contribution in [2.75, 3.05) is 0 Å². The molecule has 0 saturated heterocycles. The van der Waals surface area contributed by atoms with Crippen molar-refractivity contribution in [2.24, 2.45) is 17.6 Å². The lowest BCUT2D eigenvalue weighted by Crippen LogP contribution is -2.13. The highest BCUT2D eigenvalue weighted by Crippen LogP contribution is 2.31. The van der Waals surface area contributed by atoms with Gasteiger partial charge in [0.15, 0.2) is 0 Å². The van der Waals surface area contributed by atoms with Crippen molar-refractivity contribution < 1.29 is 13.2 Å². The van der Waals surface area contributed by atoms with Crippen LogP contribution in [0.1, 0.15) is 84.7 Å². The molecule has 39 heavy (non-hydrogen) atoms. The Labute approximate surface area is 234 Å². The first kappa shape index (κ1) is 35.8. The van der Waals surface area contributed by atoms with Gasteiger partial charge in [-0.2, -0.15) is 13.2 Å². The van der Waals surface area contributed by atoms with E-state index in [0.717, 1.165) is 29.5 Å². The van der Waals surface area contributed by atoms with E-state index in [4.69, 9.17) is 5.73 Å². The fourth-order valence-electron chi connectivity index (χ4n) is 3.10. The average molecular weight is 541 g/mol. The number of pyridine rings is 1. The second-order valence-corrected chi connectivity index (χ2v) is 9.55. The molecule has 1 atom stereocenters. The molecule has 0 bridgehead atoms. The summed E-state index contributed by atoms with van der Waals surface area (Å²) in [4.78, 5) is 4.50. The van der Waals surface area contributed by atoms with Crippen LogP contribution < -0.4 is 5.73 Å². The summed E-state index contributed by atoms with van der Waals surface area (Å²) in [6, 6.07) is 19.5. The SMILES string of the molecule is C/C(=C\CC(C)C)C(C)C.C=CC.CC.NC(c1ccccc1)c1cccc(-c2ccc(C(F)(F)F)cc2)n1. The molecule has 0 aliphatic heterocycles. The van der Waals surface area contributed by atoms with Crippen LogP contribution in [-0.2, 0) is 6.18 Å². The van der Waals surface area contributed by atoms with Crippen LogP contribution in [0.4, 0.5) is 13.2 Å². The number of alkyl halides is 3. The summed E-state index contributed by atoms with van der Waals surface area (Å²) in [6.45, 7) is 20.5. The molecule has 0 fully saturated rings. The molecule has 1 aromatic heterocycles. The molecule has 0 aliphatic rings. The van der Waals surface area contributed by atoms with Gasteiger partial charge in [-0.15, -0.1) is 6.58 Å². The maximum Gasteiger partial charge on any atom is 0.416 e. The fourth-order valence-corrected chi connectivity index (χ4v) is 3.10. The van der Waals surface area contributed by atoms with Crippen molar-refractivity contribution in [1.82, 2.24) is 4.98 Å². The van der Waals surface area contributed by atoms with Crippen molar-refractivity contribution in [3.8, 4) is 11.3 Å². The Morgan fingerprint density at radius 1 is 0.897 bits per heavy atom. The first-order chi connectivity index (χ1) is 18.4. The molecular formula is C34H47F3N2. The Kier molecular flexibility index (Phi) is 17.4. The minimum Gasteiger partial charge on any atom is -0.319 e. The van der Waals surface area contributed by atoms with Crippen LogP contribution in [-0.4, -0.2) is 4.98 Å². The zero-order valence-electron chi connectivity index (χ0n) is 24.9. The summed E-state index contributed by atoms with van der Waals surface area (Å²) >= 11 is 0. The van der Waals surface area contributed by atoms with E-state index in [2.05, 4.69) is 52.3 Å². The Bertz CT molecular complexity index is 1080. The van der Waals surface area contributed by atoms with Crippen LogP contribution in [0.15, 0.2) is 97.1 Å². The van der Waals surface area contributed by atoms with Crippen LogP contribution >= 0.6 is 0 Å². The molecule has 0 aliphatic carbocycles. The van der Waals surface area contributed by atoms with Crippen molar-refractivity contribution in [3.63, 3.8) is 0 Å². The largest absolute Gasteiger partial charge is 0.416 e. The number of benzene rings is 2. The minimum atomic E-state index is -4.34. The number of hydrogen-bond acceptors (Lipinski definition) is 2. The average Bonchev–Trinajstić information content (AvgIpc) is 2.93. The first-order valence-corrected chi connectivity index (χ1v) is 13.6. The molecule has 214 valence electrons. The summed E-state index contributed by atoms with van der Waals surface area (Å²) in [6.07, 6.45) is 0.989. The Morgan fingerprint density at radius 2 is 1.44 bits per heavy atom. The van der Waals surface area contributed by atoms with Crippen LogP contribution in [0.5, 0.6) is 0 Å². The molecule has 5 heteroatoms. The molecular weight excluding hydrogens is 493 g/mol.